The van der Waals surface area contributed by atoms with Crippen molar-refractivity contribution in [3.8, 4) is 6.07 Å². The molecule has 0 bridgehead atoms. The fraction of sp³-hybridized carbons (Fsp3) is 0.462. The number of nitrogens with one attached hydrogen (secondary N) is 1. The van der Waals surface area contributed by atoms with Crippen LogP contribution in [0.4, 0.5) is 0 Å². The monoisotopic (exact) mass is 281 g/mol. The maximum atomic E-state index is 12.2. The summed E-state index contributed by atoms with van der Waals surface area (Å²) >= 11 is 0. The second-order valence-electron chi connectivity index (χ2n) is 5.41. The Balaban J connectivity index is 3.01. The number of nitriles is 1. The number of sulfonamides is 1. The lowest BCUT2D eigenvalue weighted by Crippen LogP contribution is -2.48. The first-order valence-electron chi connectivity index (χ1n) is 5.93. The minimum absolute atomic E-state index is 0.134. The van der Waals surface area contributed by atoms with E-state index in [0.717, 1.165) is 0 Å². The van der Waals surface area contributed by atoms with Crippen LogP contribution in [-0.2, 0) is 10.0 Å². The van der Waals surface area contributed by atoms with Crippen molar-refractivity contribution < 1.29 is 8.42 Å². The minimum Gasteiger partial charge on any atom is -0.329 e. The number of hydrogen-bond donors (Lipinski definition) is 2. The average molecular weight is 281 g/mol. The van der Waals surface area contributed by atoms with Crippen LogP contribution in [0.5, 0.6) is 0 Å². The highest BCUT2D eigenvalue weighted by atomic mass is 32.2. The lowest BCUT2D eigenvalue weighted by Gasteiger charge is -2.30. The zero-order chi connectivity index (χ0) is 14.7. The molecule has 19 heavy (non-hydrogen) atoms. The number of rotatable bonds is 4. The molecule has 0 aliphatic rings. The van der Waals surface area contributed by atoms with Crippen LogP contribution in [0, 0.1) is 16.7 Å². The molecule has 5 nitrogen and oxygen atoms in total. The van der Waals surface area contributed by atoms with E-state index < -0.39 is 10.0 Å². The minimum atomic E-state index is -3.62. The van der Waals surface area contributed by atoms with Gasteiger partial charge in [0.1, 0.15) is 0 Å². The molecule has 0 aliphatic heterocycles. The Labute approximate surface area is 114 Å². The average Bonchev–Trinajstić information content (AvgIpc) is 2.34. The van der Waals surface area contributed by atoms with Crippen LogP contribution in [-0.4, -0.2) is 21.0 Å². The van der Waals surface area contributed by atoms with Crippen LogP contribution in [0.15, 0.2) is 29.2 Å². The summed E-state index contributed by atoms with van der Waals surface area (Å²) in [6.07, 6.45) is 0. The van der Waals surface area contributed by atoms with Gasteiger partial charge in [-0.25, -0.2) is 13.1 Å². The second kappa shape index (κ2) is 5.70. The molecule has 0 fully saturated rings. The van der Waals surface area contributed by atoms with Gasteiger partial charge in [-0.1, -0.05) is 20.8 Å². The van der Waals surface area contributed by atoms with E-state index >= 15 is 0 Å². The molecule has 0 saturated heterocycles. The van der Waals surface area contributed by atoms with E-state index in [2.05, 4.69) is 4.72 Å². The molecule has 1 aromatic carbocycles. The van der Waals surface area contributed by atoms with Gasteiger partial charge < -0.3 is 5.73 Å². The van der Waals surface area contributed by atoms with Gasteiger partial charge in [0.2, 0.25) is 10.0 Å². The molecule has 3 N–H and O–H groups in total. The molecule has 1 rings (SSSR count). The van der Waals surface area contributed by atoms with E-state index in [1.54, 1.807) is 0 Å². The first kappa shape index (κ1) is 15.6. The number of nitrogens with zero attached hydrogens (tertiary/aromatic N) is 1. The Morgan fingerprint density at radius 2 is 1.84 bits per heavy atom. The van der Waals surface area contributed by atoms with Crippen LogP contribution in [0.25, 0.3) is 0 Å². The smallest absolute Gasteiger partial charge is 0.240 e. The summed E-state index contributed by atoms with van der Waals surface area (Å²) in [5.41, 5.74) is 5.77. The lowest BCUT2D eigenvalue weighted by molar-refractivity contribution is 0.304. The SMILES string of the molecule is CC(C)(C)C(CN)NS(=O)(=O)c1ccc(C#N)cc1. The van der Waals surface area contributed by atoms with Gasteiger partial charge in [-0.3, -0.25) is 0 Å². The largest absolute Gasteiger partial charge is 0.329 e. The lowest BCUT2D eigenvalue weighted by atomic mass is 9.88. The summed E-state index contributed by atoms with van der Waals surface area (Å²) in [6, 6.07) is 7.37. The van der Waals surface area contributed by atoms with Gasteiger partial charge in [-0.2, -0.15) is 5.26 Å². The third-order valence-electron chi connectivity index (χ3n) is 2.87. The molecule has 1 unspecified atom stereocenters. The fourth-order valence-electron chi connectivity index (χ4n) is 1.54. The third kappa shape index (κ3) is 4.03. The van der Waals surface area contributed by atoms with Crippen LogP contribution in [0.1, 0.15) is 26.3 Å². The molecule has 0 aromatic heterocycles. The topological polar surface area (TPSA) is 96.0 Å². The Morgan fingerprint density at radius 1 is 1.32 bits per heavy atom. The molecule has 1 atom stereocenters. The van der Waals surface area contributed by atoms with Crippen LogP contribution in [0.2, 0.25) is 0 Å². The van der Waals surface area contributed by atoms with Gasteiger partial charge in [0, 0.05) is 12.6 Å². The Bertz CT molecular complexity index is 565. The molecule has 0 saturated carbocycles. The first-order chi connectivity index (χ1) is 8.70. The van der Waals surface area contributed by atoms with E-state index in [1.165, 1.54) is 24.3 Å². The van der Waals surface area contributed by atoms with Gasteiger partial charge in [-0.15, -0.1) is 0 Å². The van der Waals surface area contributed by atoms with E-state index in [4.69, 9.17) is 11.0 Å². The van der Waals surface area contributed by atoms with Crippen LogP contribution >= 0.6 is 0 Å². The summed E-state index contributed by atoms with van der Waals surface area (Å²) in [4.78, 5) is 0.134. The van der Waals surface area contributed by atoms with Gasteiger partial charge in [0.25, 0.3) is 0 Å². The zero-order valence-electron chi connectivity index (χ0n) is 11.3. The molecule has 6 heteroatoms. The van der Waals surface area contributed by atoms with E-state index in [9.17, 15) is 8.42 Å². The second-order valence-corrected chi connectivity index (χ2v) is 7.13. The third-order valence-corrected chi connectivity index (χ3v) is 4.36. The van der Waals surface area contributed by atoms with Crippen molar-refractivity contribution >= 4 is 10.0 Å². The van der Waals surface area contributed by atoms with Crippen molar-refractivity contribution in [2.75, 3.05) is 6.54 Å². The molecule has 0 amide bonds. The summed E-state index contributed by atoms with van der Waals surface area (Å²) in [5.74, 6) is 0. The number of hydrogen-bond acceptors (Lipinski definition) is 4. The van der Waals surface area contributed by atoms with E-state index in [1.807, 2.05) is 26.8 Å². The summed E-state index contributed by atoms with van der Waals surface area (Å²) in [6.45, 7) is 5.99. The molecule has 1 aromatic rings. The maximum Gasteiger partial charge on any atom is 0.240 e. The zero-order valence-corrected chi connectivity index (χ0v) is 12.2. The predicted octanol–water partition coefficient (Wildman–Crippen LogP) is 1.21. The predicted molar refractivity (Wildman–Crippen MR) is 73.8 cm³/mol. The molecule has 0 heterocycles. The quantitative estimate of drug-likeness (QED) is 0.867. The normalized spacial score (nSPS) is 13.8. The van der Waals surface area contributed by atoms with Crippen molar-refractivity contribution in [1.82, 2.24) is 4.72 Å². The van der Waals surface area contributed by atoms with Crippen LogP contribution in [0.3, 0.4) is 0 Å². The van der Waals surface area contributed by atoms with Gasteiger partial charge in [0.05, 0.1) is 16.5 Å². The Hall–Kier alpha value is -1.42. The van der Waals surface area contributed by atoms with Crippen molar-refractivity contribution in [1.29, 1.82) is 5.26 Å². The summed E-state index contributed by atoms with van der Waals surface area (Å²) in [5, 5.41) is 8.69. The molecular formula is C13H19N3O2S. The summed E-state index contributed by atoms with van der Waals surface area (Å²) < 4.78 is 27.0. The summed E-state index contributed by atoms with van der Waals surface area (Å²) in [7, 11) is -3.62. The van der Waals surface area contributed by atoms with Gasteiger partial charge in [-0.05, 0) is 29.7 Å². The molecule has 104 valence electrons. The Morgan fingerprint density at radius 3 is 2.21 bits per heavy atom. The Kier molecular flexibility index (Phi) is 4.69. The standard InChI is InChI=1S/C13H19N3O2S/c1-13(2,3)12(9-15)16-19(17,18)11-6-4-10(8-14)5-7-11/h4-7,12,16H,9,15H2,1-3H3. The number of nitrogens with two attached hydrogens (primary N) is 1. The first-order valence-corrected chi connectivity index (χ1v) is 7.41. The van der Waals surface area contributed by atoms with Crippen molar-refractivity contribution in [3.63, 3.8) is 0 Å². The molecule has 0 spiro atoms. The fourth-order valence-corrected chi connectivity index (χ4v) is 3.00. The highest BCUT2D eigenvalue weighted by molar-refractivity contribution is 7.89. The van der Waals surface area contributed by atoms with Crippen molar-refractivity contribution in [2.45, 2.75) is 31.7 Å². The van der Waals surface area contributed by atoms with Gasteiger partial charge >= 0.3 is 0 Å². The van der Waals surface area contributed by atoms with E-state index in [0.29, 0.717) is 5.56 Å². The highest BCUT2D eigenvalue weighted by Gasteiger charge is 2.28. The number of benzene rings is 1. The molecule has 0 radical (unpaired) electrons. The van der Waals surface area contributed by atoms with Crippen LogP contribution < -0.4 is 10.5 Å². The van der Waals surface area contributed by atoms with Crippen molar-refractivity contribution in [2.24, 2.45) is 11.1 Å². The molecular weight excluding hydrogens is 262 g/mol. The molecule has 0 aliphatic carbocycles. The highest BCUT2D eigenvalue weighted by Crippen LogP contribution is 2.21. The van der Waals surface area contributed by atoms with E-state index in [-0.39, 0.29) is 22.9 Å². The van der Waals surface area contributed by atoms with Gasteiger partial charge in [0.15, 0.2) is 0 Å². The van der Waals surface area contributed by atoms with Crippen molar-refractivity contribution in [3.05, 3.63) is 29.8 Å². The maximum absolute atomic E-state index is 12.2.